The smallest absolute Gasteiger partial charge is 0.319 e. The van der Waals surface area contributed by atoms with Crippen molar-refractivity contribution in [2.24, 2.45) is 0 Å². The standard InChI is InChI=1S/C21H29N5O4S/c1-21(2)16-25(9-10-30-21)19(27)14-26-13-18(12-23-26)24-20(28)22-8-11-31(29)15-17-6-4-3-5-7-17/h3-7,12-13H,8-11,14-16H2,1-2H3,(H2,22,24,28)/t31-/m0/s1. The van der Waals surface area contributed by atoms with E-state index in [1.54, 1.807) is 11.1 Å². The molecule has 31 heavy (non-hydrogen) atoms. The third-order valence-corrected chi connectivity index (χ3v) is 6.07. The summed E-state index contributed by atoms with van der Waals surface area (Å²) in [4.78, 5) is 26.3. The molecule has 1 aliphatic heterocycles. The molecule has 1 atom stereocenters. The summed E-state index contributed by atoms with van der Waals surface area (Å²) >= 11 is 0. The molecule has 10 heteroatoms. The van der Waals surface area contributed by atoms with Gasteiger partial charge in [0.15, 0.2) is 0 Å². The van der Waals surface area contributed by atoms with Gasteiger partial charge in [-0.05, 0) is 19.4 Å². The quantitative estimate of drug-likeness (QED) is 0.639. The molecule has 1 saturated heterocycles. The monoisotopic (exact) mass is 447 g/mol. The first-order valence-corrected chi connectivity index (χ1v) is 11.7. The van der Waals surface area contributed by atoms with Gasteiger partial charge in [0.05, 0.1) is 24.1 Å². The molecular formula is C21H29N5O4S. The van der Waals surface area contributed by atoms with Gasteiger partial charge in [0.1, 0.15) is 6.54 Å². The second-order valence-electron chi connectivity index (χ2n) is 8.00. The number of hydrogen-bond donors (Lipinski definition) is 2. The van der Waals surface area contributed by atoms with Gasteiger partial charge in [-0.1, -0.05) is 30.3 Å². The number of benzene rings is 1. The maximum absolute atomic E-state index is 12.5. The molecule has 1 aromatic heterocycles. The van der Waals surface area contributed by atoms with Crippen LogP contribution in [0.5, 0.6) is 0 Å². The van der Waals surface area contributed by atoms with Gasteiger partial charge in [0.2, 0.25) is 5.91 Å². The highest BCUT2D eigenvalue weighted by Gasteiger charge is 2.29. The third-order valence-electron chi connectivity index (χ3n) is 4.75. The van der Waals surface area contributed by atoms with Gasteiger partial charge < -0.3 is 20.3 Å². The van der Waals surface area contributed by atoms with Gasteiger partial charge in [0.25, 0.3) is 0 Å². The van der Waals surface area contributed by atoms with E-state index in [4.69, 9.17) is 4.74 Å². The van der Waals surface area contributed by atoms with Gasteiger partial charge in [-0.25, -0.2) is 4.79 Å². The van der Waals surface area contributed by atoms with Crippen LogP contribution in [0.1, 0.15) is 19.4 Å². The summed E-state index contributed by atoms with van der Waals surface area (Å²) in [7, 11) is -1.05. The molecule has 2 N–H and O–H groups in total. The van der Waals surface area contributed by atoms with Crippen LogP contribution in [0.25, 0.3) is 0 Å². The molecule has 1 aliphatic rings. The molecule has 0 radical (unpaired) electrons. The van der Waals surface area contributed by atoms with Gasteiger partial charge in [-0.15, -0.1) is 0 Å². The average molecular weight is 448 g/mol. The fraction of sp³-hybridized carbons (Fsp3) is 0.476. The number of hydrogen-bond acceptors (Lipinski definition) is 5. The Balaban J connectivity index is 1.38. The van der Waals surface area contributed by atoms with Gasteiger partial charge >= 0.3 is 6.03 Å². The van der Waals surface area contributed by atoms with Crippen molar-refractivity contribution in [2.75, 3.05) is 37.3 Å². The summed E-state index contributed by atoms with van der Waals surface area (Å²) in [5.41, 5.74) is 1.14. The molecule has 2 heterocycles. The summed E-state index contributed by atoms with van der Waals surface area (Å²) in [6.07, 6.45) is 3.10. The lowest BCUT2D eigenvalue weighted by atomic mass is 10.1. The molecule has 0 aliphatic carbocycles. The van der Waals surface area contributed by atoms with E-state index in [9.17, 15) is 13.8 Å². The lowest BCUT2D eigenvalue weighted by Crippen LogP contribution is -2.51. The minimum Gasteiger partial charge on any atom is -0.372 e. The minimum absolute atomic E-state index is 0.0450. The molecule has 0 saturated carbocycles. The number of carbonyl (C=O) groups is 2. The van der Waals surface area contributed by atoms with Crippen LogP contribution in [0.4, 0.5) is 10.5 Å². The van der Waals surface area contributed by atoms with Gasteiger partial charge in [0, 0.05) is 48.1 Å². The second-order valence-corrected chi connectivity index (χ2v) is 9.58. The number of nitrogens with zero attached hydrogens (tertiary/aromatic N) is 3. The number of ether oxygens (including phenoxy) is 1. The molecule has 3 rings (SSSR count). The summed E-state index contributed by atoms with van der Waals surface area (Å²) < 4.78 is 19.2. The first kappa shape index (κ1) is 23.0. The molecular weight excluding hydrogens is 418 g/mol. The van der Waals surface area contributed by atoms with E-state index in [1.165, 1.54) is 10.9 Å². The van der Waals surface area contributed by atoms with Crippen molar-refractivity contribution in [3.63, 3.8) is 0 Å². The van der Waals surface area contributed by atoms with Crippen LogP contribution in [-0.4, -0.2) is 68.4 Å². The summed E-state index contributed by atoms with van der Waals surface area (Å²) in [6, 6.07) is 9.19. The molecule has 2 aromatic rings. The Morgan fingerprint density at radius 2 is 2.03 bits per heavy atom. The molecule has 0 spiro atoms. The number of morpholine rings is 1. The Labute approximate surface area is 184 Å². The van der Waals surface area contributed by atoms with Gasteiger partial charge in [-0.2, -0.15) is 5.10 Å². The summed E-state index contributed by atoms with van der Waals surface area (Å²) in [6.45, 7) is 5.91. The second kappa shape index (κ2) is 10.5. The maximum atomic E-state index is 12.5. The van der Waals surface area contributed by atoms with Crippen molar-refractivity contribution in [1.29, 1.82) is 0 Å². The van der Waals surface area contributed by atoms with E-state index >= 15 is 0 Å². The topological polar surface area (TPSA) is 106 Å². The summed E-state index contributed by atoms with van der Waals surface area (Å²) in [5, 5.41) is 9.51. The number of amides is 3. The van der Waals surface area contributed by atoms with E-state index in [1.807, 2.05) is 44.2 Å². The number of nitrogens with one attached hydrogen (secondary N) is 2. The Morgan fingerprint density at radius 3 is 2.77 bits per heavy atom. The minimum atomic E-state index is -1.05. The first-order valence-electron chi connectivity index (χ1n) is 10.2. The highest BCUT2D eigenvalue weighted by molar-refractivity contribution is 7.84. The van der Waals surface area contributed by atoms with Crippen molar-refractivity contribution in [3.8, 4) is 0 Å². The Bertz CT molecular complexity index is 916. The van der Waals surface area contributed by atoms with E-state index in [0.717, 1.165) is 5.56 Å². The van der Waals surface area contributed by atoms with E-state index in [0.29, 0.717) is 43.4 Å². The number of rotatable bonds is 8. The zero-order valence-corrected chi connectivity index (χ0v) is 18.7. The van der Waals surface area contributed by atoms with Gasteiger partial charge in [-0.3, -0.25) is 13.7 Å². The van der Waals surface area contributed by atoms with Crippen molar-refractivity contribution in [1.82, 2.24) is 20.0 Å². The molecule has 1 aromatic carbocycles. The molecule has 1 fully saturated rings. The number of anilines is 1. The van der Waals surface area contributed by atoms with E-state index < -0.39 is 16.8 Å². The molecule has 3 amide bonds. The lowest BCUT2D eigenvalue weighted by Gasteiger charge is -2.38. The maximum Gasteiger partial charge on any atom is 0.319 e. The zero-order valence-electron chi connectivity index (χ0n) is 17.9. The van der Waals surface area contributed by atoms with Crippen LogP contribution >= 0.6 is 0 Å². The zero-order chi connectivity index (χ0) is 22.3. The SMILES string of the molecule is CC1(C)CN(C(=O)Cn2cc(NC(=O)NCC[S@](=O)Cc3ccccc3)cn2)CCO1. The molecule has 0 bridgehead atoms. The Morgan fingerprint density at radius 1 is 1.26 bits per heavy atom. The largest absolute Gasteiger partial charge is 0.372 e. The van der Waals surface area contributed by atoms with Crippen LogP contribution in [0.3, 0.4) is 0 Å². The van der Waals surface area contributed by atoms with Crippen molar-refractivity contribution >= 4 is 28.4 Å². The first-order chi connectivity index (χ1) is 14.8. The summed E-state index contributed by atoms with van der Waals surface area (Å²) in [5.74, 6) is 0.786. The molecule has 168 valence electrons. The average Bonchev–Trinajstić information content (AvgIpc) is 3.14. The third kappa shape index (κ3) is 7.48. The number of aromatic nitrogens is 2. The Hall–Kier alpha value is -2.72. The Kier molecular flexibility index (Phi) is 7.80. The highest BCUT2D eigenvalue weighted by atomic mass is 32.2. The molecule has 0 unspecified atom stereocenters. The molecule has 9 nitrogen and oxygen atoms in total. The number of urea groups is 1. The predicted octanol–water partition coefficient (Wildman–Crippen LogP) is 1.59. The normalized spacial score (nSPS) is 16.5. The van der Waals surface area contributed by atoms with Crippen LogP contribution in [-0.2, 0) is 32.6 Å². The van der Waals surface area contributed by atoms with Crippen LogP contribution in [0, 0.1) is 0 Å². The van der Waals surface area contributed by atoms with Crippen LogP contribution < -0.4 is 10.6 Å². The fourth-order valence-electron chi connectivity index (χ4n) is 3.27. The van der Waals surface area contributed by atoms with E-state index in [-0.39, 0.29) is 18.1 Å². The number of carbonyl (C=O) groups excluding carboxylic acids is 2. The van der Waals surface area contributed by atoms with Crippen molar-refractivity contribution in [2.45, 2.75) is 31.7 Å². The highest BCUT2D eigenvalue weighted by Crippen LogP contribution is 2.17. The van der Waals surface area contributed by atoms with Crippen molar-refractivity contribution < 1.29 is 18.5 Å². The predicted molar refractivity (Wildman–Crippen MR) is 119 cm³/mol. The lowest BCUT2D eigenvalue weighted by molar-refractivity contribution is -0.146. The van der Waals surface area contributed by atoms with Crippen LogP contribution in [0.2, 0.25) is 0 Å². The fourth-order valence-corrected chi connectivity index (χ4v) is 4.31. The van der Waals surface area contributed by atoms with Crippen molar-refractivity contribution in [3.05, 3.63) is 48.3 Å². The van der Waals surface area contributed by atoms with E-state index in [2.05, 4.69) is 15.7 Å². The van der Waals surface area contributed by atoms with Crippen LogP contribution in [0.15, 0.2) is 42.7 Å².